The van der Waals surface area contributed by atoms with Crippen molar-refractivity contribution < 1.29 is 9.26 Å². The van der Waals surface area contributed by atoms with Crippen LogP contribution in [0.5, 0.6) is 5.75 Å². The average Bonchev–Trinajstić information content (AvgIpc) is 3.43. The van der Waals surface area contributed by atoms with Crippen molar-refractivity contribution in [3.63, 3.8) is 0 Å². The summed E-state index contributed by atoms with van der Waals surface area (Å²) >= 11 is 0. The molecule has 0 radical (unpaired) electrons. The predicted molar refractivity (Wildman–Crippen MR) is 156 cm³/mol. The van der Waals surface area contributed by atoms with E-state index in [4.69, 9.17) is 19.2 Å². The van der Waals surface area contributed by atoms with Gasteiger partial charge in [0.05, 0.1) is 30.9 Å². The van der Waals surface area contributed by atoms with E-state index in [9.17, 15) is 9.59 Å². The molecule has 0 unspecified atom stereocenters. The van der Waals surface area contributed by atoms with Gasteiger partial charge < -0.3 is 4.74 Å². The molecule has 0 spiro atoms. The van der Waals surface area contributed by atoms with Crippen molar-refractivity contribution in [3.8, 4) is 34.3 Å². The number of hydrogen-bond acceptors (Lipinski definition) is 9. The SMILES string of the molecule is CCCCc1nc(C2CCC2)n(-c2ncc(OC)cn2)c(=O)c1Cc1ccc(-c2ccccc2-c2noc(=O)[nH]2)nc1. The number of hydrogen-bond donors (Lipinski definition) is 1. The van der Waals surface area contributed by atoms with Crippen LogP contribution in [0.2, 0.25) is 0 Å². The van der Waals surface area contributed by atoms with E-state index in [1.165, 1.54) is 0 Å². The zero-order chi connectivity index (χ0) is 29.1. The number of ether oxygens (including phenoxy) is 1. The molecule has 214 valence electrons. The molecular formula is C31H31N7O4. The summed E-state index contributed by atoms with van der Waals surface area (Å²) in [5.41, 5.74) is 4.38. The van der Waals surface area contributed by atoms with E-state index in [2.05, 4.69) is 27.0 Å². The molecule has 0 aliphatic heterocycles. The number of aromatic nitrogens is 7. The largest absolute Gasteiger partial charge is 0.494 e. The van der Waals surface area contributed by atoms with Gasteiger partial charge in [0, 0.05) is 35.2 Å². The minimum atomic E-state index is -0.621. The second-order valence-corrected chi connectivity index (χ2v) is 10.4. The summed E-state index contributed by atoms with van der Waals surface area (Å²) in [5.74, 6) is 1.48. The molecule has 1 N–H and O–H groups in total. The number of H-pyrrole nitrogens is 1. The summed E-state index contributed by atoms with van der Waals surface area (Å²) in [4.78, 5) is 47.0. The number of aromatic amines is 1. The monoisotopic (exact) mass is 565 g/mol. The van der Waals surface area contributed by atoms with Crippen molar-refractivity contribution in [2.75, 3.05) is 7.11 Å². The summed E-state index contributed by atoms with van der Waals surface area (Å²) in [6.07, 6.45) is 11.0. The first kappa shape index (κ1) is 27.3. The van der Waals surface area contributed by atoms with Gasteiger partial charge in [-0.2, -0.15) is 0 Å². The van der Waals surface area contributed by atoms with Crippen molar-refractivity contribution in [2.24, 2.45) is 0 Å². The molecule has 11 heteroatoms. The molecule has 1 aliphatic rings. The second kappa shape index (κ2) is 11.9. The van der Waals surface area contributed by atoms with E-state index in [0.717, 1.165) is 61.2 Å². The van der Waals surface area contributed by atoms with Crippen LogP contribution in [0.1, 0.15) is 67.6 Å². The highest BCUT2D eigenvalue weighted by Gasteiger charge is 2.29. The number of nitrogens with zero attached hydrogens (tertiary/aromatic N) is 6. The summed E-state index contributed by atoms with van der Waals surface area (Å²) in [6.45, 7) is 2.13. The Hall–Kier alpha value is -4.93. The van der Waals surface area contributed by atoms with Crippen LogP contribution in [-0.2, 0) is 12.8 Å². The lowest BCUT2D eigenvalue weighted by atomic mass is 9.84. The highest BCUT2D eigenvalue weighted by molar-refractivity contribution is 5.78. The van der Waals surface area contributed by atoms with Gasteiger partial charge in [0.15, 0.2) is 11.6 Å². The van der Waals surface area contributed by atoms with Gasteiger partial charge in [0.25, 0.3) is 5.56 Å². The minimum Gasteiger partial charge on any atom is -0.494 e. The lowest BCUT2D eigenvalue weighted by Crippen LogP contribution is -2.33. The molecule has 1 aromatic carbocycles. The number of aryl methyl sites for hydroxylation is 1. The molecule has 1 saturated carbocycles. The van der Waals surface area contributed by atoms with Crippen LogP contribution in [0.4, 0.5) is 0 Å². The number of rotatable bonds is 10. The zero-order valence-corrected chi connectivity index (χ0v) is 23.5. The van der Waals surface area contributed by atoms with E-state index in [-0.39, 0.29) is 11.5 Å². The standard InChI is InChI=1S/C31H31N7O4/c1-3-4-12-26-24(29(39)38(28(35-26)20-8-7-9-20)30-33-17-21(41-2)18-34-30)15-19-13-14-25(32-16-19)22-10-5-6-11-23(22)27-36-31(40)42-37-27/h5-6,10-11,13-14,16-18,20H,3-4,7-9,12,15H2,1-2H3,(H,36,37,40). The number of methoxy groups -OCH3 is 1. The molecule has 0 amide bonds. The third-order valence-electron chi connectivity index (χ3n) is 7.68. The average molecular weight is 566 g/mol. The highest BCUT2D eigenvalue weighted by atomic mass is 16.5. The van der Waals surface area contributed by atoms with Gasteiger partial charge in [-0.1, -0.05) is 55.3 Å². The molecule has 0 bridgehead atoms. The first-order valence-electron chi connectivity index (χ1n) is 14.2. The van der Waals surface area contributed by atoms with Gasteiger partial charge in [0.1, 0.15) is 5.82 Å². The fourth-order valence-corrected chi connectivity index (χ4v) is 5.16. The van der Waals surface area contributed by atoms with Crippen LogP contribution < -0.4 is 16.1 Å². The van der Waals surface area contributed by atoms with Crippen LogP contribution in [0.15, 0.2) is 69.1 Å². The third kappa shape index (κ3) is 5.37. The Morgan fingerprint density at radius 1 is 1.02 bits per heavy atom. The summed E-state index contributed by atoms with van der Waals surface area (Å²) in [5, 5.41) is 3.83. The number of pyridine rings is 1. The van der Waals surface area contributed by atoms with Crippen LogP contribution in [0.3, 0.4) is 0 Å². The molecule has 1 aliphatic carbocycles. The first-order valence-corrected chi connectivity index (χ1v) is 14.2. The Morgan fingerprint density at radius 2 is 1.81 bits per heavy atom. The molecule has 4 heterocycles. The summed E-state index contributed by atoms with van der Waals surface area (Å²) in [6, 6.07) is 11.4. The van der Waals surface area contributed by atoms with Gasteiger partial charge in [-0.05, 0) is 37.3 Å². The first-order chi connectivity index (χ1) is 20.6. The molecular weight excluding hydrogens is 534 g/mol. The summed E-state index contributed by atoms with van der Waals surface area (Å²) in [7, 11) is 1.56. The normalized spacial score (nSPS) is 13.2. The minimum absolute atomic E-state index is 0.146. The van der Waals surface area contributed by atoms with Crippen LogP contribution in [-0.4, -0.2) is 41.8 Å². The molecule has 4 aromatic heterocycles. The van der Waals surface area contributed by atoms with Crippen LogP contribution in [0, 0.1) is 0 Å². The van der Waals surface area contributed by atoms with E-state index >= 15 is 0 Å². The van der Waals surface area contributed by atoms with Gasteiger partial charge in [-0.25, -0.2) is 24.3 Å². The number of unbranched alkanes of at least 4 members (excludes halogenated alkanes) is 1. The van der Waals surface area contributed by atoms with Crippen LogP contribution >= 0.6 is 0 Å². The molecule has 6 rings (SSSR count). The summed E-state index contributed by atoms with van der Waals surface area (Å²) < 4.78 is 11.5. The second-order valence-electron chi connectivity index (χ2n) is 10.4. The Kier molecular flexibility index (Phi) is 7.72. The Morgan fingerprint density at radius 3 is 2.43 bits per heavy atom. The molecule has 0 saturated heterocycles. The van der Waals surface area contributed by atoms with Gasteiger partial charge in [-0.15, -0.1) is 0 Å². The quantitative estimate of drug-likeness (QED) is 0.256. The molecule has 1 fully saturated rings. The van der Waals surface area contributed by atoms with Gasteiger partial charge in [0.2, 0.25) is 5.95 Å². The predicted octanol–water partition coefficient (Wildman–Crippen LogP) is 4.64. The van der Waals surface area contributed by atoms with Crippen molar-refractivity contribution in [3.05, 3.63) is 98.5 Å². The maximum absolute atomic E-state index is 14.2. The molecule has 5 aromatic rings. The number of nitrogens with one attached hydrogen (secondary N) is 1. The van der Waals surface area contributed by atoms with Crippen molar-refractivity contribution in [2.45, 2.75) is 57.8 Å². The van der Waals surface area contributed by atoms with E-state index in [1.54, 1.807) is 30.3 Å². The molecule has 42 heavy (non-hydrogen) atoms. The van der Waals surface area contributed by atoms with Crippen molar-refractivity contribution in [1.82, 2.24) is 34.6 Å². The van der Waals surface area contributed by atoms with Gasteiger partial charge in [-0.3, -0.25) is 19.3 Å². The third-order valence-corrected chi connectivity index (χ3v) is 7.68. The zero-order valence-electron chi connectivity index (χ0n) is 23.5. The highest BCUT2D eigenvalue weighted by Crippen LogP contribution is 2.36. The fraction of sp³-hybridized carbons (Fsp3) is 0.323. The Labute approximate surface area is 241 Å². The van der Waals surface area contributed by atoms with Crippen molar-refractivity contribution in [1.29, 1.82) is 0 Å². The fourth-order valence-electron chi connectivity index (χ4n) is 5.16. The topological polar surface area (TPSA) is 142 Å². The van der Waals surface area contributed by atoms with Gasteiger partial charge >= 0.3 is 5.76 Å². The smallest absolute Gasteiger partial charge is 0.439 e. The van der Waals surface area contributed by atoms with Crippen molar-refractivity contribution >= 4 is 0 Å². The lowest BCUT2D eigenvalue weighted by Gasteiger charge is -2.28. The van der Waals surface area contributed by atoms with E-state index in [0.29, 0.717) is 40.8 Å². The molecule has 0 atom stereocenters. The molecule has 11 nitrogen and oxygen atoms in total. The van der Waals surface area contributed by atoms with E-state index in [1.807, 2.05) is 36.4 Å². The number of benzene rings is 1. The Balaban J connectivity index is 1.39. The maximum atomic E-state index is 14.2. The van der Waals surface area contributed by atoms with Crippen LogP contribution in [0.25, 0.3) is 28.6 Å². The Bertz CT molecular complexity index is 1800. The van der Waals surface area contributed by atoms with E-state index < -0.39 is 5.76 Å². The lowest BCUT2D eigenvalue weighted by molar-refractivity contribution is 0.388. The maximum Gasteiger partial charge on any atom is 0.439 e.